The van der Waals surface area contributed by atoms with Gasteiger partial charge in [0.25, 0.3) is 0 Å². The third-order valence-corrected chi connectivity index (χ3v) is 5.90. The zero-order valence-electron chi connectivity index (χ0n) is 18.0. The van der Waals surface area contributed by atoms with Gasteiger partial charge in [-0.3, -0.25) is 9.59 Å². The van der Waals surface area contributed by atoms with Crippen LogP contribution in [0.5, 0.6) is 11.5 Å². The molecule has 8 nitrogen and oxygen atoms in total. The Bertz CT molecular complexity index is 897. The minimum absolute atomic E-state index is 0.340. The van der Waals surface area contributed by atoms with Crippen LogP contribution in [-0.4, -0.2) is 42.8 Å². The molecule has 1 saturated carbocycles. The molecule has 0 radical (unpaired) electrons. The van der Waals surface area contributed by atoms with Crippen LogP contribution < -0.4 is 20.1 Å². The van der Waals surface area contributed by atoms with E-state index in [1.165, 1.54) is 0 Å². The Kier molecular flexibility index (Phi) is 7.83. The average Bonchev–Trinajstić information content (AvgIpc) is 2.81. The summed E-state index contributed by atoms with van der Waals surface area (Å²) in [6, 6.07) is 13.3. The summed E-state index contributed by atoms with van der Waals surface area (Å²) in [5.41, 5.74) is 0.0120. The van der Waals surface area contributed by atoms with Crippen LogP contribution in [0.25, 0.3) is 0 Å². The zero-order chi connectivity index (χ0) is 23.0. The van der Waals surface area contributed by atoms with Crippen molar-refractivity contribution < 1.29 is 29.0 Å². The Morgan fingerprint density at radius 2 is 1.50 bits per heavy atom. The molecule has 0 bridgehead atoms. The Balaban J connectivity index is 1.82. The smallest absolute Gasteiger partial charge is 0.343 e. The molecule has 3 N–H and O–H groups in total. The van der Waals surface area contributed by atoms with Gasteiger partial charge >= 0.3 is 5.97 Å². The van der Waals surface area contributed by atoms with Gasteiger partial charge in [-0.05, 0) is 54.8 Å². The zero-order valence-corrected chi connectivity index (χ0v) is 18.0. The number of nitrogens with one attached hydrogen (secondary N) is 2. The third-order valence-electron chi connectivity index (χ3n) is 5.90. The van der Waals surface area contributed by atoms with Crippen LogP contribution in [-0.2, 0) is 9.59 Å². The van der Waals surface area contributed by atoms with Gasteiger partial charge in [0.05, 0.1) is 24.2 Å². The van der Waals surface area contributed by atoms with Crippen molar-refractivity contribution in [3.05, 3.63) is 59.7 Å². The van der Waals surface area contributed by atoms with E-state index in [1.54, 1.807) is 55.6 Å². The molecule has 2 aromatic carbocycles. The SMILES string of the molecule is COc1ccc(C(=O)Oc2ccc(C(C(NC=O)NC=O)C3(O)CCCCC3)cc2)cc1. The number of hydrogen-bond acceptors (Lipinski definition) is 6. The van der Waals surface area contributed by atoms with Crippen molar-refractivity contribution in [2.75, 3.05) is 7.11 Å². The van der Waals surface area contributed by atoms with Crippen molar-refractivity contribution in [1.82, 2.24) is 10.6 Å². The number of carbonyl (C=O) groups excluding carboxylic acids is 3. The lowest BCUT2D eigenvalue weighted by Crippen LogP contribution is -2.54. The summed E-state index contributed by atoms with van der Waals surface area (Å²) in [4.78, 5) is 34.7. The maximum Gasteiger partial charge on any atom is 0.343 e. The average molecular weight is 440 g/mol. The van der Waals surface area contributed by atoms with Gasteiger partial charge in [0.2, 0.25) is 12.8 Å². The second kappa shape index (κ2) is 10.8. The summed E-state index contributed by atoms with van der Waals surface area (Å²) in [6.45, 7) is 0. The van der Waals surface area contributed by atoms with Crippen LogP contribution in [0.15, 0.2) is 48.5 Å². The number of ether oxygens (including phenoxy) is 2. The fourth-order valence-electron chi connectivity index (χ4n) is 4.31. The van der Waals surface area contributed by atoms with Crippen LogP contribution >= 0.6 is 0 Å². The van der Waals surface area contributed by atoms with Gasteiger partial charge in [0.1, 0.15) is 17.7 Å². The van der Waals surface area contributed by atoms with Crippen LogP contribution in [0.3, 0.4) is 0 Å². The summed E-state index contributed by atoms with van der Waals surface area (Å²) in [6.07, 6.45) is 4.10. The molecular formula is C24H28N2O6. The summed E-state index contributed by atoms with van der Waals surface area (Å²) in [7, 11) is 1.55. The number of benzene rings is 2. The lowest BCUT2D eigenvalue weighted by Gasteiger charge is -2.43. The quantitative estimate of drug-likeness (QED) is 0.226. The Labute approximate surface area is 186 Å². The Morgan fingerprint density at radius 3 is 2.03 bits per heavy atom. The number of esters is 1. The normalized spacial score (nSPS) is 16.0. The number of rotatable bonds is 10. The molecule has 1 atom stereocenters. The second-order valence-electron chi connectivity index (χ2n) is 7.88. The number of methoxy groups -OCH3 is 1. The van der Waals surface area contributed by atoms with Crippen LogP contribution in [0.1, 0.15) is 53.9 Å². The van der Waals surface area contributed by atoms with E-state index >= 15 is 0 Å². The molecule has 1 aliphatic rings. The van der Waals surface area contributed by atoms with E-state index in [0.29, 0.717) is 48.3 Å². The summed E-state index contributed by atoms with van der Waals surface area (Å²) < 4.78 is 10.5. The number of aliphatic hydroxyl groups is 1. The lowest BCUT2D eigenvalue weighted by molar-refractivity contribution is -0.114. The second-order valence-corrected chi connectivity index (χ2v) is 7.88. The van der Waals surface area contributed by atoms with E-state index in [9.17, 15) is 19.5 Å². The van der Waals surface area contributed by atoms with Gasteiger partial charge in [-0.2, -0.15) is 0 Å². The van der Waals surface area contributed by atoms with E-state index in [-0.39, 0.29) is 0 Å². The Hall–Kier alpha value is -3.39. The molecule has 0 aliphatic heterocycles. The van der Waals surface area contributed by atoms with Crippen molar-refractivity contribution in [3.63, 3.8) is 0 Å². The van der Waals surface area contributed by atoms with Crippen molar-refractivity contribution in [3.8, 4) is 11.5 Å². The molecule has 1 fully saturated rings. The molecule has 2 aromatic rings. The number of amides is 2. The predicted molar refractivity (Wildman–Crippen MR) is 117 cm³/mol. The first-order valence-corrected chi connectivity index (χ1v) is 10.6. The minimum Gasteiger partial charge on any atom is -0.497 e. The third kappa shape index (κ3) is 5.45. The molecule has 8 heteroatoms. The largest absolute Gasteiger partial charge is 0.497 e. The van der Waals surface area contributed by atoms with Crippen molar-refractivity contribution in [2.45, 2.75) is 49.8 Å². The molecule has 0 saturated heterocycles. The number of hydrogen-bond donors (Lipinski definition) is 3. The highest BCUT2D eigenvalue weighted by Crippen LogP contribution is 2.41. The topological polar surface area (TPSA) is 114 Å². The summed E-state index contributed by atoms with van der Waals surface area (Å²) in [5.74, 6) is -0.0947. The van der Waals surface area contributed by atoms with Gasteiger partial charge in [0.15, 0.2) is 0 Å². The molecule has 0 aromatic heterocycles. The monoisotopic (exact) mass is 440 g/mol. The number of carbonyl (C=O) groups is 3. The molecule has 1 unspecified atom stereocenters. The highest BCUT2D eigenvalue weighted by molar-refractivity contribution is 5.91. The van der Waals surface area contributed by atoms with Gasteiger partial charge in [0, 0.05) is 0 Å². The van der Waals surface area contributed by atoms with Gasteiger partial charge in [-0.25, -0.2) is 4.79 Å². The first kappa shape index (κ1) is 23.3. The molecule has 170 valence electrons. The molecule has 1 aliphatic carbocycles. The van der Waals surface area contributed by atoms with Crippen molar-refractivity contribution in [1.29, 1.82) is 0 Å². The summed E-state index contributed by atoms with van der Waals surface area (Å²) in [5, 5.41) is 16.6. The maximum absolute atomic E-state index is 12.4. The minimum atomic E-state index is -1.09. The van der Waals surface area contributed by atoms with Crippen molar-refractivity contribution in [2.24, 2.45) is 0 Å². The van der Waals surface area contributed by atoms with Crippen LogP contribution in [0.4, 0.5) is 0 Å². The Morgan fingerprint density at radius 1 is 0.938 bits per heavy atom. The highest BCUT2D eigenvalue weighted by Gasteiger charge is 2.43. The van der Waals surface area contributed by atoms with Crippen molar-refractivity contribution >= 4 is 18.8 Å². The molecule has 0 heterocycles. The van der Waals surface area contributed by atoms with Gasteiger partial charge in [-0.15, -0.1) is 0 Å². The van der Waals surface area contributed by atoms with E-state index in [1.807, 2.05) is 0 Å². The lowest BCUT2D eigenvalue weighted by atomic mass is 9.71. The predicted octanol–water partition coefficient (Wildman–Crippen LogP) is 2.51. The van der Waals surface area contributed by atoms with E-state index in [2.05, 4.69) is 10.6 Å². The standard InChI is InChI=1S/C24H28N2O6/c1-31-19-9-7-18(8-10-19)23(29)32-20-11-5-17(6-12-20)21(22(25-15-27)26-16-28)24(30)13-3-2-4-14-24/h5-12,15-16,21-22,30H,2-4,13-14H2,1H3,(H,25,27)(H,26,28). The van der Waals surface area contributed by atoms with E-state index in [0.717, 1.165) is 19.3 Å². The first-order valence-electron chi connectivity index (χ1n) is 10.6. The first-order chi connectivity index (χ1) is 15.5. The molecule has 3 rings (SSSR count). The van der Waals surface area contributed by atoms with Gasteiger partial charge < -0.3 is 25.2 Å². The molecular weight excluding hydrogens is 412 g/mol. The summed E-state index contributed by atoms with van der Waals surface area (Å²) >= 11 is 0. The van der Waals surface area contributed by atoms with Crippen LogP contribution in [0, 0.1) is 0 Å². The fourth-order valence-corrected chi connectivity index (χ4v) is 4.31. The molecule has 0 spiro atoms. The maximum atomic E-state index is 12.4. The molecule has 2 amide bonds. The molecule has 32 heavy (non-hydrogen) atoms. The highest BCUT2D eigenvalue weighted by atomic mass is 16.5. The van der Waals surface area contributed by atoms with E-state index < -0.39 is 23.7 Å². The van der Waals surface area contributed by atoms with Gasteiger partial charge in [-0.1, -0.05) is 31.4 Å². The van der Waals surface area contributed by atoms with Crippen LogP contribution in [0.2, 0.25) is 0 Å². The van der Waals surface area contributed by atoms with E-state index in [4.69, 9.17) is 9.47 Å². The fraction of sp³-hybridized carbons (Fsp3) is 0.375.